The standard InChI is InChI=1S/C15H27NO4/c1-3-19-14(17)13-4-6-15(18,7-5-13)11-16-8-9-20-12(2)10-16/h12-13,18H,3-11H2,1-2H3. The Kier molecular flexibility index (Phi) is 5.41. The van der Waals surface area contributed by atoms with Crippen LogP contribution >= 0.6 is 0 Å². The summed E-state index contributed by atoms with van der Waals surface area (Å²) in [5.74, 6) is -0.131. The second kappa shape index (κ2) is 6.87. The molecule has 1 aliphatic heterocycles. The molecule has 0 aromatic carbocycles. The van der Waals surface area contributed by atoms with Gasteiger partial charge in [-0.2, -0.15) is 0 Å². The van der Waals surface area contributed by atoms with Crippen LogP contribution in [0.2, 0.25) is 0 Å². The molecule has 1 saturated heterocycles. The number of aliphatic hydroxyl groups is 1. The molecule has 0 radical (unpaired) electrons. The van der Waals surface area contributed by atoms with Crippen molar-refractivity contribution in [3.63, 3.8) is 0 Å². The number of carbonyl (C=O) groups excluding carboxylic acids is 1. The van der Waals surface area contributed by atoms with Gasteiger partial charge >= 0.3 is 5.97 Å². The van der Waals surface area contributed by atoms with Gasteiger partial charge in [-0.25, -0.2) is 0 Å². The van der Waals surface area contributed by atoms with Crippen molar-refractivity contribution in [2.24, 2.45) is 5.92 Å². The molecule has 1 atom stereocenters. The third-order valence-electron chi connectivity index (χ3n) is 4.38. The zero-order valence-electron chi connectivity index (χ0n) is 12.6. The Bertz CT molecular complexity index is 326. The number of nitrogens with zero attached hydrogens (tertiary/aromatic N) is 1. The maximum Gasteiger partial charge on any atom is 0.308 e. The highest BCUT2D eigenvalue weighted by Crippen LogP contribution is 2.33. The molecule has 0 aromatic rings. The van der Waals surface area contributed by atoms with E-state index in [0.29, 0.717) is 26.0 Å². The normalized spacial score (nSPS) is 35.8. The molecule has 2 aliphatic rings. The molecule has 1 N–H and O–H groups in total. The van der Waals surface area contributed by atoms with Gasteiger partial charge in [0.05, 0.1) is 30.8 Å². The average molecular weight is 285 g/mol. The predicted octanol–water partition coefficient (Wildman–Crippen LogP) is 1.19. The Morgan fingerprint density at radius 3 is 2.75 bits per heavy atom. The summed E-state index contributed by atoms with van der Waals surface area (Å²) in [5.41, 5.74) is -0.653. The van der Waals surface area contributed by atoms with Gasteiger partial charge in [0.15, 0.2) is 0 Å². The lowest BCUT2D eigenvalue weighted by Crippen LogP contribution is -2.51. The average Bonchev–Trinajstić information content (AvgIpc) is 2.39. The molecule has 1 heterocycles. The molecule has 0 spiro atoms. The summed E-state index contributed by atoms with van der Waals surface area (Å²) in [4.78, 5) is 14.0. The molecule has 5 nitrogen and oxygen atoms in total. The fourth-order valence-corrected chi connectivity index (χ4v) is 3.26. The molecule has 1 aliphatic carbocycles. The Balaban J connectivity index is 1.80. The Morgan fingerprint density at radius 2 is 2.15 bits per heavy atom. The number of hydrogen-bond donors (Lipinski definition) is 1. The van der Waals surface area contributed by atoms with E-state index in [0.717, 1.165) is 32.5 Å². The van der Waals surface area contributed by atoms with Gasteiger partial charge in [-0.3, -0.25) is 9.69 Å². The van der Waals surface area contributed by atoms with Crippen LogP contribution in [0.15, 0.2) is 0 Å². The third-order valence-corrected chi connectivity index (χ3v) is 4.38. The van der Waals surface area contributed by atoms with Crippen molar-refractivity contribution >= 4 is 5.97 Å². The predicted molar refractivity (Wildman–Crippen MR) is 75.4 cm³/mol. The number of hydrogen-bond acceptors (Lipinski definition) is 5. The van der Waals surface area contributed by atoms with Crippen LogP contribution in [0.3, 0.4) is 0 Å². The second-order valence-corrected chi connectivity index (χ2v) is 6.17. The summed E-state index contributed by atoms with van der Waals surface area (Å²) in [6.07, 6.45) is 3.07. The van der Waals surface area contributed by atoms with Crippen molar-refractivity contribution in [2.45, 2.75) is 51.2 Å². The van der Waals surface area contributed by atoms with Crippen molar-refractivity contribution in [1.82, 2.24) is 4.90 Å². The summed E-state index contributed by atoms with van der Waals surface area (Å²) in [7, 11) is 0. The maximum absolute atomic E-state index is 11.7. The van der Waals surface area contributed by atoms with E-state index in [9.17, 15) is 9.90 Å². The molecular formula is C15H27NO4. The minimum atomic E-state index is -0.653. The minimum absolute atomic E-state index is 0.0289. The van der Waals surface area contributed by atoms with Crippen molar-refractivity contribution in [3.05, 3.63) is 0 Å². The maximum atomic E-state index is 11.7. The van der Waals surface area contributed by atoms with Gasteiger partial charge in [0.2, 0.25) is 0 Å². The van der Waals surface area contributed by atoms with E-state index in [1.807, 2.05) is 6.92 Å². The van der Waals surface area contributed by atoms with Gasteiger partial charge in [0.1, 0.15) is 0 Å². The molecule has 0 bridgehead atoms. The summed E-state index contributed by atoms with van der Waals surface area (Å²) in [6.45, 7) is 7.52. The van der Waals surface area contributed by atoms with Crippen molar-refractivity contribution in [3.8, 4) is 0 Å². The van der Waals surface area contributed by atoms with Gasteiger partial charge in [0.25, 0.3) is 0 Å². The van der Waals surface area contributed by atoms with E-state index in [4.69, 9.17) is 9.47 Å². The van der Waals surface area contributed by atoms with Crippen LogP contribution in [0.4, 0.5) is 0 Å². The highest BCUT2D eigenvalue weighted by atomic mass is 16.5. The molecule has 1 saturated carbocycles. The first-order valence-electron chi connectivity index (χ1n) is 7.75. The summed E-state index contributed by atoms with van der Waals surface area (Å²) >= 11 is 0. The smallest absolute Gasteiger partial charge is 0.308 e. The van der Waals surface area contributed by atoms with Crippen LogP contribution < -0.4 is 0 Å². The molecule has 2 fully saturated rings. The zero-order chi connectivity index (χ0) is 14.6. The molecule has 1 unspecified atom stereocenters. The van der Waals surface area contributed by atoms with E-state index in [-0.39, 0.29) is 18.0 Å². The lowest BCUT2D eigenvalue weighted by Gasteiger charge is -2.41. The number of ether oxygens (including phenoxy) is 2. The highest BCUT2D eigenvalue weighted by Gasteiger charge is 2.38. The van der Waals surface area contributed by atoms with Gasteiger partial charge in [-0.1, -0.05) is 0 Å². The molecular weight excluding hydrogens is 258 g/mol. The summed E-state index contributed by atoms with van der Waals surface area (Å²) < 4.78 is 10.6. The van der Waals surface area contributed by atoms with Gasteiger partial charge in [-0.15, -0.1) is 0 Å². The Morgan fingerprint density at radius 1 is 1.45 bits per heavy atom. The van der Waals surface area contributed by atoms with Crippen molar-refractivity contribution in [2.75, 3.05) is 32.8 Å². The third kappa shape index (κ3) is 4.17. The molecule has 2 rings (SSSR count). The Hall–Kier alpha value is -0.650. The van der Waals surface area contributed by atoms with Crippen molar-refractivity contribution < 1.29 is 19.4 Å². The number of morpholine rings is 1. The lowest BCUT2D eigenvalue weighted by molar-refractivity contribution is -0.151. The fraction of sp³-hybridized carbons (Fsp3) is 0.933. The molecule has 0 aromatic heterocycles. The SMILES string of the molecule is CCOC(=O)C1CCC(O)(CN2CCOC(C)C2)CC1. The first-order chi connectivity index (χ1) is 9.52. The minimum Gasteiger partial charge on any atom is -0.466 e. The van der Waals surface area contributed by atoms with Crippen LogP contribution in [0.1, 0.15) is 39.5 Å². The summed E-state index contributed by atoms with van der Waals surface area (Å²) in [6, 6.07) is 0. The van der Waals surface area contributed by atoms with Gasteiger partial charge in [0, 0.05) is 19.6 Å². The van der Waals surface area contributed by atoms with E-state index in [1.165, 1.54) is 0 Å². The largest absolute Gasteiger partial charge is 0.466 e. The fourth-order valence-electron chi connectivity index (χ4n) is 3.26. The highest BCUT2D eigenvalue weighted by molar-refractivity contribution is 5.72. The Labute approximate surface area is 121 Å². The molecule has 116 valence electrons. The summed E-state index contributed by atoms with van der Waals surface area (Å²) in [5, 5.41) is 10.7. The van der Waals surface area contributed by atoms with Crippen LogP contribution in [0.5, 0.6) is 0 Å². The van der Waals surface area contributed by atoms with Crippen molar-refractivity contribution in [1.29, 1.82) is 0 Å². The van der Waals surface area contributed by atoms with Crippen LogP contribution in [0, 0.1) is 5.92 Å². The second-order valence-electron chi connectivity index (χ2n) is 6.17. The van der Waals surface area contributed by atoms with Crippen LogP contribution in [-0.2, 0) is 14.3 Å². The number of esters is 1. The van der Waals surface area contributed by atoms with E-state index in [2.05, 4.69) is 11.8 Å². The molecule has 20 heavy (non-hydrogen) atoms. The zero-order valence-corrected chi connectivity index (χ0v) is 12.6. The van der Waals surface area contributed by atoms with Gasteiger partial charge < -0.3 is 14.6 Å². The van der Waals surface area contributed by atoms with Crippen LogP contribution in [0.25, 0.3) is 0 Å². The molecule has 0 amide bonds. The number of β-amino-alcohol motifs (C(OH)–C–C–N with tert-alkyl or cyclic N) is 1. The quantitative estimate of drug-likeness (QED) is 0.786. The first-order valence-corrected chi connectivity index (χ1v) is 7.75. The number of rotatable bonds is 4. The van der Waals surface area contributed by atoms with E-state index < -0.39 is 5.60 Å². The lowest BCUT2D eigenvalue weighted by atomic mass is 9.78. The van der Waals surface area contributed by atoms with E-state index in [1.54, 1.807) is 0 Å². The van der Waals surface area contributed by atoms with Gasteiger partial charge in [-0.05, 0) is 39.5 Å². The number of carbonyl (C=O) groups is 1. The monoisotopic (exact) mass is 285 g/mol. The molecule has 5 heteroatoms. The topological polar surface area (TPSA) is 59.0 Å². The van der Waals surface area contributed by atoms with Crippen LogP contribution in [-0.4, -0.2) is 60.5 Å². The first kappa shape index (κ1) is 15.7. The van der Waals surface area contributed by atoms with E-state index >= 15 is 0 Å².